The largest absolute Gasteiger partial charge is 0.405 e. The van der Waals surface area contributed by atoms with Crippen molar-refractivity contribution in [1.82, 2.24) is 0 Å². The van der Waals surface area contributed by atoms with Gasteiger partial charge in [-0.3, -0.25) is 0 Å². The minimum Gasteiger partial charge on any atom is -0.405 e. The van der Waals surface area contributed by atoms with Gasteiger partial charge >= 0.3 is 0 Å². The van der Waals surface area contributed by atoms with E-state index >= 15 is 0 Å². The van der Waals surface area contributed by atoms with E-state index in [1.54, 1.807) is 6.08 Å². The van der Waals surface area contributed by atoms with Gasteiger partial charge in [0, 0.05) is 6.61 Å². The molecule has 0 aliphatic carbocycles. The smallest absolute Gasteiger partial charge is 0.261 e. The van der Waals surface area contributed by atoms with E-state index in [0.29, 0.717) is 13.2 Å². The van der Waals surface area contributed by atoms with Crippen LogP contribution in [0.2, 0.25) is 5.04 Å². The highest BCUT2D eigenvalue weighted by molar-refractivity contribution is 6.99. The standard InChI is InChI=1S/C32H40O4Si/c1-5-28(31(33)25-16-9-6-10-17-25)36-29-22-15-23-34-30(29)24-35-37(32(2,3)4,26-18-11-7-12-19-26)27-20-13-8-14-21-27/h5-14,16-21,28-31,33H,1,15,22-24H2,2-4H3/t28-,29-,30+,31-/m0/s1. The van der Waals surface area contributed by atoms with Crippen molar-refractivity contribution in [2.75, 3.05) is 13.2 Å². The number of aliphatic hydroxyl groups is 1. The Morgan fingerprint density at radius 3 is 2.00 bits per heavy atom. The van der Waals surface area contributed by atoms with Crippen LogP contribution in [0.15, 0.2) is 104 Å². The molecular formula is C32H40O4Si. The fourth-order valence-corrected chi connectivity index (χ4v) is 9.96. The zero-order valence-electron chi connectivity index (χ0n) is 22.3. The molecule has 4 atom stereocenters. The van der Waals surface area contributed by atoms with Gasteiger partial charge in [-0.2, -0.15) is 0 Å². The molecule has 0 aromatic heterocycles. The molecule has 0 radical (unpaired) electrons. The summed E-state index contributed by atoms with van der Waals surface area (Å²) in [6.07, 6.45) is 1.68. The van der Waals surface area contributed by atoms with Gasteiger partial charge in [-0.1, -0.05) is 118 Å². The van der Waals surface area contributed by atoms with Crippen molar-refractivity contribution in [2.24, 2.45) is 0 Å². The second-order valence-corrected chi connectivity index (χ2v) is 15.1. The summed E-state index contributed by atoms with van der Waals surface area (Å²) in [6, 6.07) is 30.9. The summed E-state index contributed by atoms with van der Waals surface area (Å²) in [7, 11) is -2.69. The Bertz CT molecular complexity index is 1060. The maximum absolute atomic E-state index is 11.0. The monoisotopic (exact) mass is 516 g/mol. The van der Waals surface area contributed by atoms with Crippen LogP contribution in [-0.2, 0) is 13.9 Å². The molecule has 1 aliphatic rings. The van der Waals surface area contributed by atoms with Gasteiger partial charge in [0.1, 0.15) is 18.3 Å². The molecular weight excluding hydrogens is 476 g/mol. The molecule has 0 unspecified atom stereocenters. The lowest BCUT2D eigenvalue weighted by Crippen LogP contribution is -2.67. The number of hydrogen-bond donors (Lipinski definition) is 1. The van der Waals surface area contributed by atoms with E-state index in [1.165, 1.54) is 10.4 Å². The quantitative estimate of drug-likeness (QED) is 0.289. The second kappa shape index (κ2) is 12.3. The first-order valence-electron chi connectivity index (χ1n) is 13.2. The van der Waals surface area contributed by atoms with Crippen molar-refractivity contribution in [3.63, 3.8) is 0 Å². The topological polar surface area (TPSA) is 47.9 Å². The molecule has 1 aliphatic heterocycles. The van der Waals surface area contributed by atoms with Gasteiger partial charge in [0.15, 0.2) is 0 Å². The Kier molecular flexibility index (Phi) is 9.16. The third-order valence-corrected chi connectivity index (χ3v) is 12.3. The third-order valence-electron chi connectivity index (χ3n) is 7.28. The van der Waals surface area contributed by atoms with Crippen molar-refractivity contribution in [2.45, 2.75) is 63.1 Å². The summed E-state index contributed by atoms with van der Waals surface area (Å²) in [5, 5.41) is 13.4. The third kappa shape index (κ3) is 6.14. The van der Waals surface area contributed by atoms with Crippen LogP contribution in [0.25, 0.3) is 0 Å². The first-order valence-corrected chi connectivity index (χ1v) is 15.2. The van der Waals surface area contributed by atoms with E-state index in [0.717, 1.165) is 18.4 Å². The number of benzene rings is 3. The van der Waals surface area contributed by atoms with Gasteiger partial charge in [-0.25, -0.2) is 0 Å². The average Bonchev–Trinajstić information content (AvgIpc) is 2.93. The van der Waals surface area contributed by atoms with Crippen LogP contribution in [-0.4, -0.2) is 44.9 Å². The Labute approximate surface area is 223 Å². The van der Waals surface area contributed by atoms with Crippen LogP contribution < -0.4 is 10.4 Å². The molecule has 3 aromatic carbocycles. The number of rotatable bonds is 10. The lowest BCUT2D eigenvalue weighted by molar-refractivity contribution is -0.150. The second-order valence-electron chi connectivity index (χ2n) is 10.8. The van der Waals surface area contributed by atoms with Crippen molar-refractivity contribution in [3.8, 4) is 0 Å². The maximum atomic E-state index is 11.0. The van der Waals surface area contributed by atoms with Gasteiger partial charge in [-0.15, -0.1) is 6.58 Å². The van der Waals surface area contributed by atoms with Crippen molar-refractivity contribution < 1.29 is 19.0 Å². The van der Waals surface area contributed by atoms with Crippen LogP contribution >= 0.6 is 0 Å². The Hall–Kier alpha value is -2.54. The highest BCUT2D eigenvalue weighted by Gasteiger charge is 2.51. The van der Waals surface area contributed by atoms with Gasteiger partial charge in [0.25, 0.3) is 8.32 Å². The van der Waals surface area contributed by atoms with E-state index in [4.69, 9.17) is 13.9 Å². The molecule has 196 valence electrons. The van der Waals surface area contributed by atoms with Crippen LogP contribution in [0.1, 0.15) is 45.3 Å². The zero-order chi connectivity index (χ0) is 26.3. The van der Waals surface area contributed by atoms with E-state index in [9.17, 15) is 5.11 Å². The molecule has 0 amide bonds. The minimum absolute atomic E-state index is 0.117. The van der Waals surface area contributed by atoms with Gasteiger partial charge < -0.3 is 19.0 Å². The summed E-state index contributed by atoms with van der Waals surface area (Å²) in [4.78, 5) is 0. The molecule has 0 saturated carbocycles. The molecule has 0 bridgehead atoms. The molecule has 37 heavy (non-hydrogen) atoms. The molecule has 0 spiro atoms. The van der Waals surface area contributed by atoms with E-state index in [2.05, 4.69) is 88.0 Å². The Morgan fingerprint density at radius 2 is 1.49 bits per heavy atom. The summed E-state index contributed by atoms with van der Waals surface area (Å²) in [6.45, 7) is 11.9. The highest BCUT2D eigenvalue weighted by Crippen LogP contribution is 2.37. The van der Waals surface area contributed by atoms with E-state index < -0.39 is 20.5 Å². The number of ether oxygens (including phenoxy) is 2. The van der Waals surface area contributed by atoms with Crippen molar-refractivity contribution >= 4 is 18.7 Å². The Balaban J connectivity index is 1.60. The number of aliphatic hydroxyl groups excluding tert-OH is 1. The Morgan fingerprint density at radius 1 is 0.946 bits per heavy atom. The van der Waals surface area contributed by atoms with E-state index in [1.807, 2.05) is 30.3 Å². The van der Waals surface area contributed by atoms with Gasteiger partial charge in [0.05, 0.1) is 12.7 Å². The predicted octanol–water partition coefficient (Wildman–Crippen LogP) is 5.42. The SMILES string of the molecule is C=C[C@H](O[C@H]1CCCO[C@@H]1CO[Si](c1ccccc1)(c1ccccc1)C(C)(C)C)[C@@H](O)c1ccccc1. The van der Waals surface area contributed by atoms with Gasteiger partial charge in [-0.05, 0) is 33.8 Å². The predicted molar refractivity (Wildman–Crippen MR) is 153 cm³/mol. The lowest BCUT2D eigenvalue weighted by Gasteiger charge is -2.44. The molecule has 5 heteroatoms. The van der Waals surface area contributed by atoms with E-state index in [-0.39, 0.29) is 17.2 Å². The highest BCUT2D eigenvalue weighted by atomic mass is 28.4. The molecule has 3 aromatic rings. The fraction of sp³-hybridized carbons (Fsp3) is 0.375. The van der Waals surface area contributed by atoms with Crippen LogP contribution in [0, 0.1) is 0 Å². The molecule has 1 saturated heterocycles. The first-order chi connectivity index (χ1) is 17.9. The van der Waals surface area contributed by atoms with Crippen LogP contribution in [0.5, 0.6) is 0 Å². The molecule has 1 N–H and O–H groups in total. The zero-order valence-corrected chi connectivity index (χ0v) is 23.3. The van der Waals surface area contributed by atoms with Crippen molar-refractivity contribution in [1.29, 1.82) is 0 Å². The minimum atomic E-state index is -2.69. The first kappa shape index (κ1) is 27.5. The van der Waals surface area contributed by atoms with Crippen LogP contribution in [0.3, 0.4) is 0 Å². The normalized spacial score (nSPS) is 20.2. The summed E-state index contributed by atoms with van der Waals surface area (Å²) < 4.78 is 19.9. The van der Waals surface area contributed by atoms with Crippen molar-refractivity contribution in [3.05, 3.63) is 109 Å². The molecule has 4 nitrogen and oxygen atoms in total. The molecule has 1 fully saturated rings. The molecule has 1 heterocycles. The lowest BCUT2D eigenvalue weighted by atomic mass is 10.0. The van der Waals surface area contributed by atoms with Gasteiger partial charge in [0.2, 0.25) is 0 Å². The summed E-state index contributed by atoms with van der Waals surface area (Å²) >= 11 is 0. The number of hydrogen-bond acceptors (Lipinski definition) is 4. The average molecular weight is 517 g/mol. The fourth-order valence-electron chi connectivity index (χ4n) is 5.39. The molecule has 4 rings (SSSR count). The summed E-state index contributed by atoms with van der Waals surface area (Å²) in [5.74, 6) is 0. The maximum Gasteiger partial charge on any atom is 0.261 e. The van der Waals surface area contributed by atoms with Crippen LogP contribution in [0.4, 0.5) is 0 Å². The summed E-state index contributed by atoms with van der Waals surface area (Å²) in [5.41, 5.74) is 0.809.